The third kappa shape index (κ3) is 4.63. The zero-order valence-electron chi connectivity index (χ0n) is 21.4. The number of amides is 3. The van der Waals surface area contributed by atoms with Crippen molar-refractivity contribution in [2.24, 2.45) is 5.92 Å². The zero-order chi connectivity index (χ0) is 26.3. The first kappa shape index (κ1) is 24.7. The Kier molecular flexibility index (Phi) is 6.57. The van der Waals surface area contributed by atoms with Crippen LogP contribution in [0.2, 0.25) is 0 Å². The number of hydrogen-bond acceptors (Lipinski definition) is 7. The number of benzene rings is 1. The molecule has 194 valence electrons. The molecular weight excluding hydrogens is 474 g/mol. The van der Waals surface area contributed by atoms with Gasteiger partial charge >= 0.3 is 6.09 Å². The summed E-state index contributed by atoms with van der Waals surface area (Å²) in [5, 5.41) is 0. The number of piperazine rings is 1. The smallest absolute Gasteiger partial charge is 0.414 e. The quantitative estimate of drug-likeness (QED) is 0.576. The van der Waals surface area contributed by atoms with E-state index in [4.69, 9.17) is 4.74 Å². The predicted octanol–water partition coefficient (Wildman–Crippen LogP) is 2.56. The van der Waals surface area contributed by atoms with Crippen LogP contribution in [-0.2, 0) is 14.3 Å². The van der Waals surface area contributed by atoms with Crippen molar-refractivity contribution in [1.82, 2.24) is 9.88 Å². The number of hydrogen-bond donors (Lipinski definition) is 0. The van der Waals surface area contributed by atoms with Crippen LogP contribution in [0.25, 0.3) is 0 Å². The van der Waals surface area contributed by atoms with Gasteiger partial charge in [-0.2, -0.15) is 0 Å². The number of Topliss-reactive ketones (excluding diaryl/α,β-unsaturated/α-hetero) is 1. The molecule has 0 aliphatic carbocycles. The second-order valence-corrected chi connectivity index (χ2v) is 9.84. The normalized spacial score (nSPS) is 20.0. The first-order valence-corrected chi connectivity index (χ1v) is 12.6. The predicted molar refractivity (Wildman–Crippen MR) is 138 cm³/mol. The average Bonchev–Trinajstić information content (AvgIpc) is 3.48. The van der Waals surface area contributed by atoms with E-state index < -0.39 is 12.0 Å². The van der Waals surface area contributed by atoms with E-state index in [-0.39, 0.29) is 24.2 Å². The lowest BCUT2D eigenvalue weighted by Gasteiger charge is -2.36. The average molecular weight is 506 g/mol. The third-order valence-corrected chi connectivity index (χ3v) is 7.33. The Morgan fingerprint density at radius 2 is 1.73 bits per heavy atom. The van der Waals surface area contributed by atoms with Gasteiger partial charge in [-0.1, -0.05) is 6.07 Å². The Balaban J connectivity index is 1.40. The zero-order valence-corrected chi connectivity index (χ0v) is 21.4. The van der Waals surface area contributed by atoms with Gasteiger partial charge in [-0.3, -0.25) is 19.3 Å². The third-order valence-electron chi connectivity index (χ3n) is 7.33. The Hall–Kier alpha value is -3.95. The standard InChI is InChI=1S/C27H31N5O5/c1-17-14-18(2)24(28-16-17)29-8-10-30(11-9-29)25(34)22-5-4-20(31-12-13-37-27(31)36)15-23(22)32-7-6-21(19(3)33)26(32)35/h4-5,14-16,21H,6-13H2,1-3H3. The van der Waals surface area contributed by atoms with Crippen molar-refractivity contribution in [3.05, 3.63) is 47.2 Å². The number of carbonyl (C=O) groups excluding carboxylic acids is 4. The van der Waals surface area contributed by atoms with Crippen molar-refractivity contribution in [2.75, 3.05) is 60.6 Å². The number of ether oxygens (including phenoxy) is 1. The highest BCUT2D eigenvalue weighted by Gasteiger charge is 2.38. The summed E-state index contributed by atoms with van der Waals surface area (Å²) in [6, 6.07) is 7.18. The summed E-state index contributed by atoms with van der Waals surface area (Å²) in [7, 11) is 0. The van der Waals surface area contributed by atoms with Crippen LogP contribution in [0.4, 0.5) is 22.0 Å². The minimum absolute atomic E-state index is 0.183. The highest BCUT2D eigenvalue weighted by Crippen LogP contribution is 2.34. The van der Waals surface area contributed by atoms with E-state index in [9.17, 15) is 19.2 Å². The summed E-state index contributed by atoms with van der Waals surface area (Å²) in [5.74, 6) is -0.461. The van der Waals surface area contributed by atoms with E-state index in [0.29, 0.717) is 62.6 Å². The number of aromatic nitrogens is 1. The number of aryl methyl sites for hydroxylation is 2. The van der Waals surface area contributed by atoms with Crippen molar-refractivity contribution in [2.45, 2.75) is 27.2 Å². The molecule has 0 bridgehead atoms. The maximum absolute atomic E-state index is 13.7. The summed E-state index contributed by atoms with van der Waals surface area (Å²) in [6.45, 7) is 8.79. The molecule has 1 atom stereocenters. The highest BCUT2D eigenvalue weighted by atomic mass is 16.6. The summed E-state index contributed by atoms with van der Waals surface area (Å²) < 4.78 is 5.07. The molecule has 3 aliphatic heterocycles. The first-order valence-electron chi connectivity index (χ1n) is 12.6. The van der Waals surface area contributed by atoms with Crippen molar-refractivity contribution < 1.29 is 23.9 Å². The Bertz CT molecular complexity index is 1270. The van der Waals surface area contributed by atoms with Gasteiger partial charge in [-0.25, -0.2) is 9.78 Å². The molecule has 3 fully saturated rings. The van der Waals surface area contributed by atoms with Gasteiger partial charge < -0.3 is 19.4 Å². The molecule has 3 aliphatic rings. The lowest BCUT2D eigenvalue weighted by atomic mass is 10.0. The second kappa shape index (κ2) is 9.84. The molecule has 5 rings (SSSR count). The molecule has 4 heterocycles. The van der Waals surface area contributed by atoms with Crippen LogP contribution in [0.3, 0.4) is 0 Å². The summed E-state index contributed by atoms with van der Waals surface area (Å²) >= 11 is 0. The largest absolute Gasteiger partial charge is 0.447 e. The van der Waals surface area contributed by atoms with Crippen molar-refractivity contribution in [3.63, 3.8) is 0 Å². The number of anilines is 3. The van der Waals surface area contributed by atoms with E-state index in [1.807, 2.05) is 20.0 Å². The van der Waals surface area contributed by atoms with Gasteiger partial charge in [0.25, 0.3) is 5.91 Å². The Morgan fingerprint density at radius 3 is 2.35 bits per heavy atom. The van der Waals surface area contributed by atoms with Crippen LogP contribution in [0.5, 0.6) is 0 Å². The van der Waals surface area contributed by atoms with Gasteiger partial charge in [0.1, 0.15) is 18.2 Å². The minimum atomic E-state index is -0.711. The first-order chi connectivity index (χ1) is 17.7. The fraction of sp³-hybridized carbons (Fsp3) is 0.444. The Morgan fingerprint density at radius 1 is 0.973 bits per heavy atom. The van der Waals surface area contributed by atoms with Crippen LogP contribution in [0.15, 0.2) is 30.5 Å². The van der Waals surface area contributed by atoms with Gasteiger partial charge in [0.05, 0.1) is 23.7 Å². The second-order valence-electron chi connectivity index (χ2n) is 9.84. The van der Waals surface area contributed by atoms with Gasteiger partial charge in [0.2, 0.25) is 5.91 Å². The molecule has 10 heteroatoms. The lowest BCUT2D eigenvalue weighted by Crippen LogP contribution is -2.49. The number of pyridine rings is 1. The molecule has 2 aromatic rings. The molecule has 37 heavy (non-hydrogen) atoms. The molecule has 0 spiro atoms. The number of nitrogens with zero attached hydrogens (tertiary/aromatic N) is 5. The molecule has 1 unspecified atom stereocenters. The van der Waals surface area contributed by atoms with Crippen molar-refractivity contribution >= 4 is 40.9 Å². The van der Waals surface area contributed by atoms with Crippen LogP contribution >= 0.6 is 0 Å². The van der Waals surface area contributed by atoms with Crippen molar-refractivity contribution in [3.8, 4) is 0 Å². The van der Waals surface area contributed by atoms with Crippen LogP contribution in [-0.4, -0.2) is 79.5 Å². The van der Waals surface area contributed by atoms with Gasteiger partial charge in [-0.15, -0.1) is 0 Å². The van der Waals surface area contributed by atoms with E-state index in [0.717, 1.165) is 16.9 Å². The SMILES string of the molecule is CC(=O)C1CCN(c2cc(N3CCOC3=O)ccc2C(=O)N2CCN(c3ncc(C)cc3C)CC2)C1=O. The molecule has 10 nitrogen and oxygen atoms in total. The summed E-state index contributed by atoms with van der Waals surface area (Å²) in [6.07, 6.45) is 1.79. The van der Waals surface area contributed by atoms with E-state index in [1.165, 1.54) is 16.7 Å². The molecule has 1 aromatic heterocycles. The monoisotopic (exact) mass is 505 g/mol. The van der Waals surface area contributed by atoms with E-state index in [1.54, 1.807) is 23.1 Å². The number of cyclic esters (lactones) is 1. The molecule has 1 aromatic carbocycles. The molecule has 0 saturated carbocycles. The van der Waals surface area contributed by atoms with E-state index >= 15 is 0 Å². The minimum Gasteiger partial charge on any atom is -0.447 e. The number of carbonyl (C=O) groups is 4. The van der Waals surface area contributed by atoms with Crippen LogP contribution < -0.4 is 14.7 Å². The van der Waals surface area contributed by atoms with Crippen molar-refractivity contribution in [1.29, 1.82) is 0 Å². The highest BCUT2D eigenvalue weighted by molar-refractivity contribution is 6.13. The lowest BCUT2D eigenvalue weighted by molar-refractivity contribution is -0.129. The maximum atomic E-state index is 13.7. The Labute approximate surface area is 215 Å². The summed E-state index contributed by atoms with van der Waals surface area (Å²) in [5.41, 5.74) is 3.57. The molecule has 3 saturated heterocycles. The topological polar surface area (TPSA) is 103 Å². The molecule has 0 N–H and O–H groups in total. The maximum Gasteiger partial charge on any atom is 0.414 e. The molecule has 0 radical (unpaired) electrons. The molecule has 3 amide bonds. The number of ketones is 1. The molecular formula is C27H31N5O5. The fourth-order valence-corrected chi connectivity index (χ4v) is 5.35. The fourth-order valence-electron chi connectivity index (χ4n) is 5.35. The van der Waals surface area contributed by atoms with Gasteiger partial charge in [0, 0.05) is 44.6 Å². The number of rotatable bonds is 5. The van der Waals surface area contributed by atoms with E-state index in [2.05, 4.69) is 16.0 Å². The van der Waals surface area contributed by atoms with Crippen LogP contribution in [0.1, 0.15) is 34.8 Å². The van der Waals surface area contributed by atoms with Gasteiger partial charge in [-0.05, 0) is 56.5 Å². The van der Waals surface area contributed by atoms with Crippen LogP contribution in [0, 0.1) is 19.8 Å². The van der Waals surface area contributed by atoms with Gasteiger partial charge in [0.15, 0.2) is 0 Å². The summed E-state index contributed by atoms with van der Waals surface area (Å²) in [4.78, 5) is 62.6.